The lowest BCUT2D eigenvalue weighted by Crippen LogP contribution is -2.12. The van der Waals surface area contributed by atoms with E-state index in [4.69, 9.17) is 52.1 Å². The summed E-state index contributed by atoms with van der Waals surface area (Å²) in [5.41, 5.74) is 17.5. The molecule has 11 rings (SSSR count). The summed E-state index contributed by atoms with van der Waals surface area (Å²) in [5, 5.41) is 0. The predicted molar refractivity (Wildman–Crippen MR) is 531 cm³/mol. The lowest BCUT2D eigenvalue weighted by molar-refractivity contribution is 0.205. The van der Waals surface area contributed by atoms with Crippen molar-refractivity contribution in [2.45, 2.75) is 262 Å². The molecule has 0 radical (unpaired) electrons. The van der Waals surface area contributed by atoms with Gasteiger partial charge in [-0.1, -0.05) is 252 Å². The lowest BCUT2D eigenvalue weighted by Gasteiger charge is -2.17. The minimum Gasteiger partial charge on any atom is -0.494 e. The molecular weight excluding hydrogens is 1550 g/mol. The maximum Gasteiger partial charge on any atom is 0.123 e. The van der Waals surface area contributed by atoms with Crippen molar-refractivity contribution in [1.82, 2.24) is 0 Å². The van der Waals surface area contributed by atoms with E-state index in [1.807, 2.05) is 126 Å². The SMILES string of the molecule is CCC(C)Oc1cc(C)cc(OC(C)CC)c1.CCCCOc1cc(C)cc(OCCCC)c1.CCCCOc1ccc(-c2ccc(C)cc2)cc1.CCCOc1cc(C)cc(OCCC)c1.Cc1cc(OC(C)C)cc(OC(C)C)c1.Cc1cc(OCC(C)C)cc(OCC(C)C)c1.Cc1cccc(-c2ccccc2)c1.Cc1ccccc1-c1ccccc1. The van der Waals surface area contributed by atoms with Gasteiger partial charge in [0.2, 0.25) is 0 Å². The standard InChI is InChI=1S/C17H20O.3C15H24O2.2C13H20O2.2C13H12/c1-3-4-13-18-17-11-9-16(10-12-17)15-7-5-14(2)6-8-15;1-11(2)9-16-14-6-13(5)7-15(8-14)17-10-12(3)4;1-6-12(4)16-14-8-11(3)9-15(10-14)17-13(5)7-2;1-4-6-8-16-14-10-13(3)11-15(12-14)17-9-7-5-2;1-9(2)14-12-6-11(5)7-13(8-12)15-10(3)4;1-4-6-14-12-8-11(3)9-13(10-12)15-7-5-2;1-11-7-5-6-10-13(11)12-8-3-2-4-9-12;1-11-6-5-9-13(10-11)12-7-3-2-4-8-12/h5-12H,3-4,13H2,1-2H3;6-8,11-12H,9-10H2,1-5H3;8-10,12-13H,6-7H2,1-5H3;10-12H,4-9H2,1-3H3;6-10H,1-5H3;8-10H,4-7H2,1-3H3;2*2-10H,1H3. The van der Waals surface area contributed by atoms with Gasteiger partial charge in [-0.25, -0.2) is 0 Å². The molecule has 0 aliphatic rings. The predicted octanol–water partition coefficient (Wildman–Crippen LogP) is 32.1. The van der Waals surface area contributed by atoms with E-state index in [9.17, 15) is 0 Å². The average molecular weight is 1700 g/mol. The Morgan fingerprint density at radius 1 is 0.216 bits per heavy atom. The van der Waals surface area contributed by atoms with Crippen LogP contribution in [0.5, 0.6) is 63.2 Å². The molecule has 0 aliphatic carbocycles. The third-order valence-corrected chi connectivity index (χ3v) is 18.7. The van der Waals surface area contributed by atoms with Crippen molar-refractivity contribution in [3.63, 3.8) is 0 Å². The quantitative estimate of drug-likeness (QED) is 0.0348. The highest BCUT2D eigenvalue weighted by Gasteiger charge is 2.11. The number of hydrogen-bond donors (Lipinski definition) is 0. The van der Waals surface area contributed by atoms with Crippen molar-refractivity contribution in [1.29, 1.82) is 0 Å². The van der Waals surface area contributed by atoms with Crippen molar-refractivity contribution < 1.29 is 52.1 Å². The van der Waals surface area contributed by atoms with Crippen LogP contribution in [-0.4, -0.2) is 70.7 Å². The molecule has 11 heteroatoms. The molecular formula is C114H156O11. The average Bonchev–Trinajstić information content (AvgIpc) is 0.864. The highest BCUT2D eigenvalue weighted by molar-refractivity contribution is 5.67. The second-order valence-corrected chi connectivity index (χ2v) is 33.4. The van der Waals surface area contributed by atoms with E-state index in [2.05, 4.69) is 296 Å². The Hall–Kier alpha value is -10.8. The fraction of sp³-hybridized carbons (Fsp3) is 0.421. The van der Waals surface area contributed by atoms with Gasteiger partial charge in [0, 0.05) is 30.3 Å². The Kier molecular flexibility index (Phi) is 53.2. The van der Waals surface area contributed by atoms with E-state index >= 15 is 0 Å². The van der Waals surface area contributed by atoms with Gasteiger partial charge in [-0.2, -0.15) is 0 Å². The monoisotopic (exact) mass is 1700 g/mol. The van der Waals surface area contributed by atoms with Gasteiger partial charge in [-0.3, -0.25) is 0 Å². The molecule has 0 amide bonds. The van der Waals surface area contributed by atoms with Crippen LogP contribution in [0.2, 0.25) is 0 Å². The summed E-state index contributed by atoms with van der Waals surface area (Å²) in [6.07, 6.45) is 11.7. The summed E-state index contributed by atoms with van der Waals surface area (Å²) in [6.45, 7) is 57.8. The van der Waals surface area contributed by atoms with E-state index in [1.165, 1.54) is 78.7 Å². The summed E-state index contributed by atoms with van der Waals surface area (Å²) in [5.74, 6) is 11.0. The zero-order valence-electron chi connectivity index (χ0n) is 81.1. The summed E-state index contributed by atoms with van der Waals surface area (Å²) >= 11 is 0. The molecule has 11 aromatic rings. The second-order valence-electron chi connectivity index (χ2n) is 33.4. The first-order valence-electron chi connectivity index (χ1n) is 46.1. The molecule has 678 valence electrons. The first-order chi connectivity index (χ1) is 60.0. The van der Waals surface area contributed by atoms with Crippen molar-refractivity contribution in [3.05, 3.63) is 293 Å². The molecule has 0 saturated heterocycles. The minimum absolute atomic E-state index is 0.193. The fourth-order valence-corrected chi connectivity index (χ4v) is 11.9. The van der Waals surface area contributed by atoms with Gasteiger partial charge in [-0.05, 0) is 293 Å². The van der Waals surface area contributed by atoms with Gasteiger partial charge in [-0.15, -0.1) is 0 Å². The van der Waals surface area contributed by atoms with Crippen molar-refractivity contribution in [2.75, 3.05) is 46.2 Å². The molecule has 0 fully saturated rings. The van der Waals surface area contributed by atoms with Gasteiger partial charge in [0.1, 0.15) is 63.2 Å². The Balaban J connectivity index is 0.000000300. The number of hydrogen-bond acceptors (Lipinski definition) is 11. The van der Waals surface area contributed by atoms with Crippen LogP contribution in [0, 0.1) is 67.2 Å². The molecule has 0 spiro atoms. The Bertz CT molecular complexity index is 4480. The van der Waals surface area contributed by atoms with Crippen LogP contribution in [0.1, 0.15) is 226 Å². The highest BCUT2D eigenvalue weighted by Crippen LogP contribution is 2.31. The zero-order chi connectivity index (χ0) is 91.7. The molecule has 2 atom stereocenters. The Labute approximate surface area is 757 Å². The van der Waals surface area contributed by atoms with Crippen LogP contribution in [0.25, 0.3) is 33.4 Å². The Morgan fingerprint density at radius 2 is 0.520 bits per heavy atom. The normalized spacial score (nSPS) is 10.9. The molecule has 0 bridgehead atoms. The van der Waals surface area contributed by atoms with E-state index in [1.54, 1.807) is 0 Å². The molecule has 0 N–H and O–H groups in total. The van der Waals surface area contributed by atoms with Gasteiger partial charge in [0.05, 0.1) is 70.7 Å². The zero-order valence-corrected chi connectivity index (χ0v) is 81.1. The number of rotatable bonds is 37. The summed E-state index contributed by atoms with van der Waals surface area (Å²) in [4.78, 5) is 0. The molecule has 0 heterocycles. The molecule has 11 nitrogen and oxygen atoms in total. The first kappa shape index (κ1) is 107. The second kappa shape index (κ2) is 62.4. The molecule has 0 aromatic heterocycles. The third-order valence-electron chi connectivity index (χ3n) is 18.7. The lowest BCUT2D eigenvalue weighted by atomic mass is 10.0. The van der Waals surface area contributed by atoms with E-state index in [-0.39, 0.29) is 24.4 Å². The summed E-state index contributed by atoms with van der Waals surface area (Å²) in [7, 11) is 0. The number of benzene rings is 11. The van der Waals surface area contributed by atoms with Crippen LogP contribution in [0.3, 0.4) is 0 Å². The van der Waals surface area contributed by atoms with Crippen molar-refractivity contribution >= 4 is 0 Å². The smallest absolute Gasteiger partial charge is 0.123 e. The summed E-state index contributed by atoms with van der Waals surface area (Å²) in [6, 6.07) is 85.1. The number of ether oxygens (including phenoxy) is 11. The fourth-order valence-electron chi connectivity index (χ4n) is 11.9. The molecule has 11 aromatic carbocycles. The van der Waals surface area contributed by atoms with E-state index in [0.29, 0.717) is 11.8 Å². The van der Waals surface area contributed by atoms with Crippen LogP contribution >= 0.6 is 0 Å². The van der Waals surface area contributed by atoms with E-state index in [0.717, 1.165) is 173 Å². The molecule has 0 aliphatic heterocycles. The van der Waals surface area contributed by atoms with E-state index < -0.39 is 0 Å². The van der Waals surface area contributed by atoms with Gasteiger partial charge in [0.15, 0.2) is 0 Å². The topological polar surface area (TPSA) is 102 Å². The van der Waals surface area contributed by atoms with Crippen LogP contribution in [0.4, 0.5) is 0 Å². The van der Waals surface area contributed by atoms with Crippen LogP contribution in [0.15, 0.2) is 249 Å². The van der Waals surface area contributed by atoms with Gasteiger partial charge in [0.25, 0.3) is 0 Å². The highest BCUT2D eigenvalue weighted by atomic mass is 16.5. The van der Waals surface area contributed by atoms with Gasteiger partial charge >= 0.3 is 0 Å². The largest absolute Gasteiger partial charge is 0.494 e. The Morgan fingerprint density at radius 3 is 0.864 bits per heavy atom. The number of aryl methyl sites for hydroxylation is 8. The maximum atomic E-state index is 5.82. The summed E-state index contributed by atoms with van der Waals surface area (Å²) < 4.78 is 62.5. The van der Waals surface area contributed by atoms with Gasteiger partial charge < -0.3 is 52.1 Å². The van der Waals surface area contributed by atoms with Crippen molar-refractivity contribution in [3.8, 4) is 96.6 Å². The maximum absolute atomic E-state index is 5.82. The number of unbranched alkanes of at least 4 members (excludes halogenated alkanes) is 3. The third kappa shape index (κ3) is 47.8. The van der Waals surface area contributed by atoms with Crippen molar-refractivity contribution in [2.24, 2.45) is 11.8 Å². The minimum atomic E-state index is 0.193. The van der Waals surface area contributed by atoms with Crippen LogP contribution < -0.4 is 52.1 Å². The van der Waals surface area contributed by atoms with Crippen LogP contribution in [-0.2, 0) is 0 Å². The molecule has 125 heavy (non-hydrogen) atoms. The molecule has 0 saturated carbocycles. The molecule has 2 unspecified atom stereocenters. The first-order valence-corrected chi connectivity index (χ1v) is 46.1.